The van der Waals surface area contributed by atoms with Gasteiger partial charge < -0.3 is 16.0 Å². The van der Waals surface area contributed by atoms with Crippen LogP contribution in [0.3, 0.4) is 0 Å². The van der Waals surface area contributed by atoms with Crippen LogP contribution >= 0.6 is 0 Å². The Hall–Kier alpha value is -1.10. The van der Waals surface area contributed by atoms with E-state index in [0.29, 0.717) is 18.9 Å². The number of carbonyl (C=O) groups is 2. The molecule has 0 radical (unpaired) electrons. The van der Waals surface area contributed by atoms with E-state index in [4.69, 9.17) is 5.73 Å². The van der Waals surface area contributed by atoms with E-state index >= 15 is 0 Å². The first-order valence-electron chi connectivity index (χ1n) is 7.27. The second-order valence-electron chi connectivity index (χ2n) is 5.61. The Bertz CT molecular complexity index is 307. The van der Waals surface area contributed by atoms with Crippen LogP contribution in [0.4, 0.5) is 0 Å². The Morgan fingerprint density at radius 2 is 2.16 bits per heavy atom. The summed E-state index contributed by atoms with van der Waals surface area (Å²) in [5, 5.41) is 2.93. The van der Waals surface area contributed by atoms with Crippen LogP contribution in [0.15, 0.2) is 0 Å². The fourth-order valence-corrected chi connectivity index (χ4v) is 2.47. The highest BCUT2D eigenvalue weighted by Gasteiger charge is 2.18. The van der Waals surface area contributed by atoms with Crippen molar-refractivity contribution in [2.24, 2.45) is 11.7 Å². The number of carbonyl (C=O) groups excluding carboxylic acids is 2. The number of piperidine rings is 1. The van der Waals surface area contributed by atoms with Crippen molar-refractivity contribution >= 4 is 11.8 Å². The lowest BCUT2D eigenvalue weighted by molar-refractivity contribution is -0.123. The molecular formula is C14H27N3O2. The number of hydrogen-bond donors (Lipinski definition) is 2. The highest BCUT2D eigenvalue weighted by atomic mass is 16.2. The van der Waals surface area contributed by atoms with Crippen LogP contribution in [-0.2, 0) is 9.59 Å². The predicted octanol–water partition coefficient (Wildman–Crippen LogP) is 0.879. The predicted molar refractivity (Wildman–Crippen MR) is 75.5 cm³/mol. The number of nitrogens with one attached hydrogen (secondary N) is 1. The lowest BCUT2D eigenvalue weighted by Gasteiger charge is -2.32. The average Bonchev–Trinajstić information content (AvgIpc) is 2.38. The largest absolute Gasteiger partial charge is 0.369 e. The third kappa shape index (κ3) is 6.05. The van der Waals surface area contributed by atoms with Gasteiger partial charge in [-0.05, 0) is 39.3 Å². The highest BCUT2D eigenvalue weighted by molar-refractivity contribution is 5.79. The Labute approximate surface area is 115 Å². The highest BCUT2D eigenvalue weighted by Crippen LogP contribution is 2.17. The Morgan fingerprint density at radius 1 is 1.42 bits per heavy atom. The summed E-state index contributed by atoms with van der Waals surface area (Å²) in [5.41, 5.74) is 5.16. The minimum absolute atomic E-state index is 0.0200. The van der Waals surface area contributed by atoms with Crippen molar-refractivity contribution in [2.75, 3.05) is 20.1 Å². The number of amides is 2. The third-order valence-corrected chi connectivity index (χ3v) is 4.01. The van der Waals surface area contributed by atoms with Crippen LogP contribution < -0.4 is 11.1 Å². The first-order valence-corrected chi connectivity index (χ1v) is 7.27. The van der Waals surface area contributed by atoms with Gasteiger partial charge in [-0.1, -0.05) is 13.3 Å². The molecule has 1 fully saturated rings. The summed E-state index contributed by atoms with van der Waals surface area (Å²) in [6.45, 7) is 3.64. The summed E-state index contributed by atoms with van der Waals surface area (Å²) >= 11 is 0. The zero-order chi connectivity index (χ0) is 14.3. The average molecular weight is 269 g/mol. The molecule has 19 heavy (non-hydrogen) atoms. The van der Waals surface area contributed by atoms with Gasteiger partial charge in [-0.15, -0.1) is 0 Å². The molecule has 0 bridgehead atoms. The van der Waals surface area contributed by atoms with Gasteiger partial charge in [-0.3, -0.25) is 9.59 Å². The van der Waals surface area contributed by atoms with Gasteiger partial charge in [0.05, 0.1) is 0 Å². The van der Waals surface area contributed by atoms with Crippen molar-refractivity contribution in [1.82, 2.24) is 10.2 Å². The topological polar surface area (TPSA) is 75.4 Å². The Kier molecular flexibility index (Phi) is 6.84. The zero-order valence-electron chi connectivity index (χ0n) is 12.2. The van der Waals surface area contributed by atoms with E-state index in [1.165, 1.54) is 19.3 Å². The number of nitrogens with two attached hydrogens (primary N) is 1. The van der Waals surface area contributed by atoms with Gasteiger partial charge in [0.25, 0.3) is 0 Å². The SMILES string of the molecule is CC(CCC(=O)NCC[C@@H]1CCCCN1C)C(N)=O. The quantitative estimate of drug-likeness (QED) is 0.720. The monoisotopic (exact) mass is 269 g/mol. The fraction of sp³-hybridized carbons (Fsp3) is 0.857. The molecule has 1 aliphatic rings. The van der Waals surface area contributed by atoms with E-state index in [1.54, 1.807) is 6.92 Å². The second kappa shape index (κ2) is 8.15. The summed E-state index contributed by atoms with van der Waals surface area (Å²) in [6.07, 6.45) is 5.72. The molecule has 1 saturated heterocycles. The van der Waals surface area contributed by atoms with Crippen LogP contribution in [0.5, 0.6) is 0 Å². The van der Waals surface area contributed by atoms with E-state index in [2.05, 4.69) is 17.3 Å². The number of hydrogen-bond acceptors (Lipinski definition) is 3. The fourth-order valence-electron chi connectivity index (χ4n) is 2.47. The van der Waals surface area contributed by atoms with Gasteiger partial charge in [-0.2, -0.15) is 0 Å². The lowest BCUT2D eigenvalue weighted by Crippen LogP contribution is -2.39. The van der Waals surface area contributed by atoms with Crippen LogP contribution in [-0.4, -0.2) is 42.9 Å². The molecule has 0 saturated carbocycles. The van der Waals surface area contributed by atoms with Crippen molar-refractivity contribution in [1.29, 1.82) is 0 Å². The molecule has 0 aromatic carbocycles. The molecule has 2 atom stereocenters. The smallest absolute Gasteiger partial charge is 0.220 e. The van der Waals surface area contributed by atoms with E-state index in [1.807, 2.05) is 0 Å². The first kappa shape index (κ1) is 16.0. The number of likely N-dealkylation sites (tertiary alicyclic amines) is 1. The molecule has 5 heteroatoms. The minimum Gasteiger partial charge on any atom is -0.369 e. The lowest BCUT2D eigenvalue weighted by atomic mass is 10.00. The molecule has 1 rings (SSSR count). The molecule has 0 aliphatic carbocycles. The molecule has 0 spiro atoms. The van der Waals surface area contributed by atoms with Gasteiger partial charge in [0.1, 0.15) is 0 Å². The number of primary amides is 1. The molecule has 0 aromatic rings. The second-order valence-corrected chi connectivity index (χ2v) is 5.61. The molecule has 1 aliphatic heterocycles. The van der Waals surface area contributed by atoms with Crippen molar-refractivity contribution in [3.05, 3.63) is 0 Å². The summed E-state index contributed by atoms with van der Waals surface area (Å²) in [6, 6.07) is 0.596. The molecule has 1 unspecified atom stereocenters. The van der Waals surface area contributed by atoms with Gasteiger partial charge in [0, 0.05) is 24.9 Å². The molecule has 0 aromatic heterocycles. The normalized spacial score (nSPS) is 21.9. The molecule has 110 valence electrons. The molecule has 1 heterocycles. The number of rotatable bonds is 7. The zero-order valence-corrected chi connectivity index (χ0v) is 12.2. The molecule has 2 amide bonds. The van der Waals surface area contributed by atoms with Crippen LogP contribution in [0.25, 0.3) is 0 Å². The molecule has 3 N–H and O–H groups in total. The maximum atomic E-state index is 11.6. The maximum absolute atomic E-state index is 11.6. The Morgan fingerprint density at radius 3 is 2.79 bits per heavy atom. The van der Waals surface area contributed by atoms with E-state index in [9.17, 15) is 9.59 Å². The van der Waals surface area contributed by atoms with Gasteiger partial charge in [0.15, 0.2) is 0 Å². The summed E-state index contributed by atoms with van der Waals surface area (Å²) < 4.78 is 0. The van der Waals surface area contributed by atoms with Crippen molar-refractivity contribution in [3.8, 4) is 0 Å². The molecule has 5 nitrogen and oxygen atoms in total. The molecular weight excluding hydrogens is 242 g/mol. The summed E-state index contributed by atoms with van der Waals surface area (Å²) in [5.74, 6) is -0.543. The van der Waals surface area contributed by atoms with Gasteiger partial charge >= 0.3 is 0 Å². The van der Waals surface area contributed by atoms with Gasteiger partial charge in [0.2, 0.25) is 11.8 Å². The summed E-state index contributed by atoms with van der Waals surface area (Å²) in [7, 11) is 2.15. The van der Waals surface area contributed by atoms with E-state index in [0.717, 1.165) is 19.5 Å². The van der Waals surface area contributed by atoms with Crippen LogP contribution in [0.1, 0.15) is 45.4 Å². The van der Waals surface area contributed by atoms with Crippen LogP contribution in [0.2, 0.25) is 0 Å². The van der Waals surface area contributed by atoms with Crippen molar-refractivity contribution in [3.63, 3.8) is 0 Å². The standard InChI is InChI=1S/C14H27N3O2/c1-11(14(15)19)6-7-13(18)16-9-8-12-5-3-4-10-17(12)2/h11-12H,3-10H2,1-2H3,(H2,15,19)(H,16,18)/t11?,12-/m0/s1. The van der Waals surface area contributed by atoms with Crippen molar-refractivity contribution < 1.29 is 9.59 Å². The van der Waals surface area contributed by atoms with Gasteiger partial charge in [-0.25, -0.2) is 0 Å². The van der Waals surface area contributed by atoms with E-state index in [-0.39, 0.29) is 17.7 Å². The number of nitrogens with zero attached hydrogens (tertiary/aromatic N) is 1. The Balaban J connectivity index is 2.11. The maximum Gasteiger partial charge on any atom is 0.220 e. The van der Waals surface area contributed by atoms with Crippen molar-refractivity contribution in [2.45, 2.75) is 51.5 Å². The first-order chi connectivity index (χ1) is 9.00. The third-order valence-electron chi connectivity index (χ3n) is 4.01. The minimum atomic E-state index is -0.336. The summed E-state index contributed by atoms with van der Waals surface area (Å²) in [4.78, 5) is 24.8. The van der Waals surface area contributed by atoms with E-state index < -0.39 is 0 Å². The van der Waals surface area contributed by atoms with Crippen LogP contribution in [0, 0.1) is 5.92 Å².